The van der Waals surface area contributed by atoms with E-state index in [1.807, 2.05) is 30.3 Å². The predicted molar refractivity (Wildman–Crippen MR) is 60.7 cm³/mol. The molecular formula is C13H18O2. The molecule has 0 saturated heterocycles. The van der Waals surface area contributed by atoms with Gasteiger partial charge in [0.15, 0.2) is 0 Å². The molecule has 1 aromatic carbocycles. The van der Waals surface area contributed by atoms with Crippen molar-refractivity contribution in [2.24, 2.45) is 5.92 Å². The molecule has 15 heavy (non-hydrogen) atoms. The predicted octanol–water partition coefficient (Wildman–Crippen LogP) is 2.99. The number of carbonyl (C=O) groups is 1. The first-order valence-electron chi connectivity index (χ1n) is 5.33. The quantitative estimate of drug-likeness (QED) is 0.708. The lowest BCUT2D eigenvalue weighted by atomic mass is 9.86. The number of esters is 1. The highest BCUT2D eigenvalue weighted by Crippen LogP contribution is 2.27. The zero-order valence-electron chi connectivity index (χ0n) is 9.57. The molecular weight excluding hydrogens is 188 g/mol. The van der Waals surface area contributed by atoms with Gasteiger partial charge in [0.05, 0.1) is 13.0 Å². The van der Waals surface area contributed by atoms with E-state index < -0.39 is 0 Å². The number of methoxy groups -OCH3 is 1. The topological polar surface area (TPSA) is 26.3 Å². The highest BCUT2D eigenvalue weighted by Gasteiger charge is 2.26. The molecule has 0 aliphatic carbocycles. The summed E-state index contributed by atoms with van der Waals surface area (Å²) >= 11 is 0. The van der Waals surface area contributed by atoms with Crippen LogP contribution in [0.1, 0.15) is 31.7 Å². The maximum absolute atomic E-state index is 11.7. The van der Waals surface area contributed by atoms with E-state index in [0.717, 1.165) is 12.0 Å². The van der Waals surface area contributed by atoms with Crippen LogP contribution in [0.25, 0.3) is 0 Å². The van der Waals surface area contributed by atoms with Crippen LogP contribution in [0, 0.1) is 5.92 Å². The fourth-order valence-corrected chi connectivity index (χ4v) is 1.72. The minimum atomic E-state index is -0.143. The SMILES string of the molecule is CC[C@@H](C)[C@H](C(=O)OC)c1ccccc1. The molecule has 1 rings (SSSR count). The van der Waals surface area contributed by atoms with Crippen molar-refractivity contribution in [3.05, 3.63) is 35.9 Å². The van der Waals surface area contributed by atoms with Gasteiger partial charge in [0.25, 0.3) is 0 Å². The zero-order valence-corrected chi connectivity index (χ0v) is 9.57. The molecule has 0 N–H and O–H groups in total. The first-order valence-corrected chi connectivity index (χ1v) is 5.33. The average Bonchev–Trinajstić information content (AvgIpc) is 2.30. The molecule has 2 atom stereocenters. The van der Waals surface area contributed by atoms with Crippen LogP contribution in [0.4, 0.5) is 0 Å². The molecule has 0 heterocycles. The highest BCUT2D eigenvalue weighted by molar-refractivity contribution is 5.78. The minimum Gasteiger partial charge on any atom is -0.469 e. The zero-order chi connectivity index (χ0) is 11.3. The van der Waals surface area contributed by atoms with Crippen LogP contribution in [0.15, 0.2) is 30.3 Å². The average molecular weight is 206 g/mol. The Balaban J connectivity index is 2.96. The molecule has 0 unspecified atom stereocenters. The van der Waals surface area contributed by atoms with Gasteiger partial charge in [0.1, 0.15) is 0 Å². The molecule has 0 fully saturated rings. The summed E-state index contributed by atoms with van der Waals surface area (Å²) < 4.78 is 4.85. The highest BCUT2D eigenvalue weighted by atomic mass is 16.5. The summed E-state index contributed by atoms with van der Waals surface area (Å²) in [5.74, 6) is 0.0246. The van der Waals surface area contributed by atoms with Gasteiger partial charge in [-0.05, 0) is 11.5 Å². The Morgan fingerprint density at radius 1 is 1.33 bits per heavy atom. The second kappa shape index (κ2) is 5.54. The number of ether oxygens (including phenoxy) is 1. The van der Waals surface area contributed by atoms with Gasteiger partial charge in [-0.25, -0.2) is 0 Å². The van der Waals surface area contributed by atoms with Gasteiger partial charge in [-0.2, -0.15) is 0 Å². The first kappa shape index (κ1) is 11.8. The van der Waals surface area contributed by atoms with Crippen molar-refractivity contribution in [2.45, 2.75) is 26.2 Å². The van der Waals surface area contributed by atoms with Crippen molar-refractivity contribution in [3.8, 4) is 0 Å². The normalized spacial score (nSPS) is 14.3. The van der Waals surface area contributed by atoms with Gasteiger partial charge < -0.3 is 4.74 Å². The van der Waals surface area contributed by atoms with Crippen molar-refractivity contribution in [3.63, 3.8) is 0 Å². The summed E-state index contributed by atoms with van der Waals surface area (Å²) in [5, 5.41) is 0. The number of hydrogen-bond donors (Lipinski definition) is 0. The Morgan fingerprint density at radius 2 is 1.93 bits per heavy atom. The molecule has 1 aromatic rings. The molecule has 0 bridgehead atoms. The summed E-state index contributed by atoms with van der Waals surface area (Å²) in [6.45, 7) is 4.16. The third-order valence-electron chi connectivity index (χ3n) is 2.83. The molecule has 0 spiro atoms. The maximum Gasteiger partial charge on any atom is 0.313 e. The standard InChI is InChI=1S/C13H18O2/c1-4-10(2)12(13(14)15-3)11-8-6-5-7-9-11/h5-10,12H,4H2,1-3H3/t10-,12+/m1/s1. The van der Waals surface area contributed by atoms with Gasteiger partial charge in [-0.15, -0.1) is 0 Å². The van der Waals surface area contributed by atoms with E-state index in [4.69, 9.17) is 4.74 Å². The molecule has 0 aliphatic heterocycles. The van der Waals surface area contributed by atoms with Gasteiger partial charge >= 0.3 is 5.97 Å². The summed E-state index contributed by atoms with van der Waals surface area (Å²) in [7, 11) is 1.45. The number of rotatable bonds is 4. The monoisotopic (exact) mass is 206 g/mol. The van der Waals surface area contributed by atoms with Crippen molar-refractivity contribution >= 4 is 5.97 Å². The number of benzene rings is 1. The lowest BCUT2D eigenvalue weighted by Gasteiger charge is -2.20. The lowest BCUT2D eigenvalue weighted by Crippen LogP contribution is -2.20. The third-order valence-corrected chi connectivity index (χ3v) is 2.83. The second-order valence-corrected chi connectivity index (χ2v) is 3.80. The smallest absolute Gasteiger partial charge is 0.313 e. The van der Waals surface area contributed by atoms with Crippen molar-refractivity contribution in [1.29, 1.82) is 0 Å². The number of carbonyl (C=O) groups excluding carboxylic acids is 1. The van der Waals surface area contributed by atoms with Gasteiger partial charge in [-0.3, -0.25) is 4.79 Å². The Labute approximate surface area is 91.3 Å². The van der Waals surface area contributed by atoms with Crippen molar-refractivity contribution in [1.82, 2.24) is 0 Å². The Bertz CT molecular complexity index is 306. The van der Waals surface area contributed by atoms with Crippen LogP contribution < -0.4 is 0 Å². The Kier molecular flexibility index (Phi) is 4.35. The molecule has 0 saturated carbocycles. The second-order valence-electron chi connectivity index (χ2n) is 3.80. The molecule has 82 valence electrons. The summed E-state index contributed by atoms with van der Waals surface area (Å²) in [5.41, 5.74) is 1.04. The van der Waals surface area contributed by atoms with Crippen LogP contribution in [-0.2, 0) is 9.53 Å². The Hall–Kier alpha value is -1.31. The van der Waals surface area contributed by atoms with E-state index in [9.17, 15) is 4.79 Å². The van der Waals surface area contributed by atoms with E-state index in [1.54, 1.807) is 0 Å². The van der Waals surface area contributed by atoms with Crippen LogP contribution in [0.3, 0.4) is 0 Å². The largest absolute Gasteiger partial charge is 0.469 e. The van der Waals surface area contributed by atoms with Crippen molar-refractivity contribution in [2.75, 3.05) is 7.11 Å². The fraction of sp³-hybridized carbons (Fsp3) is 0.462. The van der Waals surface area contributed by atoms with E-state index in [0.29, 0.717) is 5.92 Å². The van der Waals surface area contributed by atoms with Crippen LogP contribution in [-0.4, -0.2) is 13.1 Å². The number of hydrogen-bond acceptors (Lipinski definition) is 2. The lowest BCUT2D eigenvalue weighted by molar-refractivity contribution is -0.143. The summed E-state index contributed by atoms with van der Waals surface area (Å²) in [6.07, 6.45) is 0.967. The van der Waals surface area contributed by atoms with Gasteiger partial charge in [0.2, 0.25) is 0 Å². The molecule has 0 aromatic heterocycles. The summed E-state index contributed by atoms with van der Waals surface area (Å²) in [4.78, 5) is 11.7. The first-order chi connectivity index (χ1) is 7.20. The van der Waals surface area contributed by atoms with Crippen molar-refractivity contribution < 1.29 is 9.53 Å². The van der Waals surface area contributed by atoms with E-state index in [1.165, 1.54) is 7.11 Å². The van der Waals surface area contributed by atoms with Gasteiger partial charge in [0, 0.05) is 0 Å². The van der Waals surface area contributed by atoms with Gasteiger partial charge in [-0.1, -0.05) is 50.6 Å². The van der Waals surface area contributed by atoms with Crippen LogP contribution in [0.2, 0.25) is 0 Å². The summed E-state index contributed by atoms with van der Waals surface area (Å²) in [6, 6.07) is 9.82. The molecule has 2 heteroatoms. The molecule has 0 aliphatic rings. The Morgan fingerprint density at radius 3 is 2.40 bits per heavy atom. The molecule has 0 amide bonds. The van der Waals surface area contributed by atoms with Crippen LogP contribution in [0.5, 0.6) is 0 Å². The maximum atomic E-state index is 11.7. The third kappa shape index (κ3) is 2.82. The van der Waals surface area contributed by atoms with E-state index >= 15 is 0 Å². The minimum absolute atomic E-state index is 0.138. The van der Waals surface area contributed by atoms with Crippen LogP contribution >= 0.6 is 0 Å². The molecule has 2 nitrogen and oxygen atoms in total. The van der Waals surface area contributed by atoms with E-state index in [-0.39, 0.29) is 11.9 Å². The van der Waals surface area contributed by atoms with E-state index in [2.05, 4.69) is 13.8 Å². The fourth-order valence-electron chi connectivity index (χ4n) is 1.72. The molecule has 0 radical (unpaired) electrons.